The predicted octanol–water partition coefficient (Wildman–Crippen LogP) is 4.11. The van der Waals surface area contributed by atoms with Gasteiger partial charge in [0.2, 0.25) is 0 Å². The van der Waals surface area contributed by atoms with Gasteiger partial charge in [0.15, 0.2) is 0 Å². The summed E-state index contributed by atoms with van der Waals surface area (Å²) < 4.78 is 24.1. The molecule has 1 aliphatic carbocycles. The predicted molar refractivity (Wildman–Crippen MR) is 97.7 cm³/mol. The van der Waals surface area contributed by atoms with E-state index in [2.05, 4.69) is 4.90 Å². The van der Waals surface area contributed by atoms with Crippen LogP contribution in [0.3, 0.4) is 0 Å². The van der Waals surface area contributed by atoms with Crippen LogP contribution in [0.2, 0.25) is 0 Å². The summed E-state index contributed by atoms with van der Waals surface area (Å²) in [7, 11) is 1.58. The fourth-order valence-electron chi connectivity index (χ4n) is 3.31. The lowest BCUT2D eigenvalue weighted by molar-refractivity contribution is 0.246. The van der Waals surface area contributed by atoms with Crippen LogP contribution in [0.25, 0.3) is 11.0 Å². The zero-order valence-corrected chi connectivity index (χ0v) is 14.6. The molecule has 2 aromatic carbocycles. The van der Waals surface area contributed by atoms with E-state index in [0.29, 0.717) is 30.5 Å². The number of rotatable bonds is 6. The molecule has 0 atom stereocenters. The summed E-state index contributed by atoms with van der Waals surface area (Å²) in [4.78, 5) is 14.3. The molecule has 0 saturated heterocycles. The largest absolute Gasteiger partial charge is 0.497 e. The third kappa shape index (κ3) is 3.63. The van der Waals surface area contributed by atoms with Crippen molar-refractivity contribution in [2.75, 3.05) is 7.11 Å². The molecule has 0 amide bonds. The van der Waals surface area contributed by atoms with Crippen molar-refractivity contribution in [3.63, 3.8) is 0 Å². The van der Waals surface area contributed by atoms with Crippen molar-refractivity contribution in [2.45, 2.75) is 32.0 Å². The highest BCUT2D eigenvalue weighted by molar-refractivity contribution is 5.81. The number of nitrogens with zero attached hydrogens (tertiary/aromatic N) is 1. The van der Waals surface area contributed by atoms with Crippen molar-refractivity contribution in [1.82, 2.24) is 4.90 Å². The van der Waals surface area contributed by atoms with Gasteiger partial charge in [0.25, 0.3) is 0 Å². The number of ether oxygens (including phenoxy) is 1. The number of methoxy groups -OCH3 is 1. The number of halogens is 1. The zero-order chi connectivity index (χ0) is 18.1. The minimum atomic E-state index is -0.373. The fraction of sp³-hybridized carbons (Fsp3) is 0.286. The van der Waals surface area contributed by atoms with Crippen LogP contribution < -0.4 is 10.4 Å². The molecular formula is C21H20FNO3. The highest BCUT2D eigenvalue weighted by Crippen LogP contribution is 2.31. The molecular weight excluding hydrogens is 333 g/mol. The molecule has 1 aliphatic rings. The molecule has 26 heavy (non-hydrogen) atoms. The van der Waals surface area contributed by atoms with Crippen molar-refractivity contribution >= 4 is 11.0 Å². The van der Waals surface area contributed by atoms with Gasteiger partial charge in [0, 0.05) is 36.7 Å². The summed E-state index contributed by atoms with van der Waals surface area (Å²) in [6.07, 6.45) is 2.25. The van der Waals surface area contributed by atoms with Crippen LogP contribution in [0.5, 0.6) is 5.75 Å². The molecule has 0 aliphatic heterocycles. The first-order valence-electron chi connectivity index (χ1n) is 8.71. The summed E-state index contributed by atoms with van der Waals surface area (Å²) >= 11 is 0. The van der Waals surface area contributed by atoms with Gasteiger partial charge in [0.05, 0.1) is 7.11 Å². The average Bonchev–Trinajstić information content (AvgIpc) is 3.45. The van der Waals surface area contributed by atoms with Crippen LogP contribution in [-0.4, -0.2) is 18.1 Å². The number of hydrogen-bond acceptors (Lipinski definition) is 4. The smallest absolute Gasteiger partial charge is 0.336 e. The molecule has 0 unspecified atom stereocenters. The number of fused-ring (bicyclic) bond motifs is 1. The van der Waals surface area contributed by atoms with E-state index in [1.54, 1.807) is 31.4 Å². The Morgan fingerprint density at radius 3 is 2.73 bits per heavy atom. The maximum absolute atomic E-state index is 13.5. The summed E-state index contributed by atoms with van der Waals surface area (Å²) in [6.45, 7) is 1.27. The Kier molecular flexibility index (Phi) is 4.47. The highest BCUT2D eigenvalue weighted by atomic mass is 19.1. The Balaban J connectivity index is 1.66. The van der Waals surface area contributed by atoms with Gasteiger partial charge >= 0.3 is 5.63 Å². The third-order valence-electron chi connectivity index (χ3n) is 4.75. The maximum Gasteiger partial charge on any atom is 0.336 e. The normalized spacial score (nSPS) is 14.1. The SMILES string of the molecule is COc1ccc2c(CN(Cc3cccc(F)c3)C3CC3)cc(=O)oc2c1. The molecule has 1 saturated carbocycles. The molecule has 4 nitrogen and oxygen atoms in total. The first-order valence-corrected chi connectivity index (χ1v) is 8.71. The Bertz CT molecular complexity index is 994. The molecule has 5 heteroatoms. The molecule has 0 bridgehead atoms. The van der Waals surface area contributed by atoms with Crippen molar-refractivity contribution in [3.8, 4) is 5.75 Å². The summed E-state index contributed by atoms with van der Waals surface area (Å²) in [5, 5.41) is 0.898. The van der Waals surface area contributed by atoms with Gasteiger partial charge in [-0.25, -0.2) is 9.18 Å². The van der Waals surface area contributed by atoms with E-state index < -0.39 is 0 Å². The van der Waals surface area contributed by atoms with E-state index in [1.165, 1.54) is 6.07 Å². The lowest BCUT2D eigenvalue weighted by atomic mass is 10.1. The molecule has 1 fully saturated rings. The van der Waals surface area contributed by atoms with Crippen LogP contribution in [0.1, 0.15) is 24.0 Å². The third-order valence-corrected chi connectivity index (χ3v) is 4.75. The summed E-state index contributed by atoms with van der Waals surface area (Å²) in [5.74, 6) is 0.424. The second kappa shape index (κ2) is 6.92. The Hall–Kier alpha value is -2.66. The topological polar surface area (TPSA) is 42.7 Å². The van der Waals surface area contributed by atoms with E-state index in [1.807, 2.05) is 18.2 Å². The van der Waals surface area contributed by atoms with E-state index >= 15 is 0 Å². The lowest BCUT2D eigenvalue weighted by Crippen LogP contribution is -2.25. The van der Waals surface area contributed by atoms with Crippen LogP contribution in [-0.2, 0) is 13.1 Å². The van der Waals surface area contributed by atoms with E-state index in [9.17, 15) is 9.18 Å². The van der Waals surface area contributed by atoms with Crippen molar-refractivity contribution in [1.29, 1.82) is 0 Å². The van der Waals surface area contributed by atoms with E-state index in [0.717, 1.165) is 29.4 Å². The van der Waals surface area contributed by atoms with Gasteiger partial charge in [-0.05, 0) is 48.2 Å². The van der Waals surface area contributed by atoms with Gasteiger partial charge in [0.1, 0.15) is 17.1 Å². The fourth-order valence-corrected chi connectivity index (χ4v) is 3.31. The molecule has 0 N–H and O–H groups in total. The molecule has 1 aromatic heterocycles. The van der Waals surface area contributed by atoms with E-state index in [4.69, 9.17) is 9.15 Å². The number of hydrogen-bond donors (Lipinski definition) is 0. The van der Waals surface area contributed by atoms with Gasteiger partial charge < -0.3 is 9.15 Å². The lowest BCUT2D eigenvalue weighted by Gasteiger charge is -2.23. The van der Waals surface area contributed by atoms with E-state index in [-0.39, 0.29) is 11.4 Å². The van der Waals surface area contributed by atoms with Crippen LogP contribution >= 0.6 is 0 Å². The van der Waals surface area contributed by atoms with Crippen LogP contribution in [0.4, 0.5) is 4.39 Å². The molecule has 134 valence electrons. The van der Waals surface area contributed by atoms with Gasteiger partial charge in [-0.15, -0.1) is 0 Å². The monoisotopic (exact) mass is 353 g/mol. The van der Waals surface area contributed by atoms with Gasteiger partial charge in [-0.3, -0.25) is 4.90 Å². The van der Waals surface area contributed by atoms with Crippen LogP contribution in [0, 0.1) is 5.82 Å². The summed E-state index contributed by atoms with van der Waals surface area (Å²) in [5.41, 5.74) is 2.00. The van der Waals surface area contributed by atoms with Gasteiger partial charge in [-0.2, -0.15) is 0 Å². The van der Waals surface area contributed by atoms with Gasteiger partial charge in [-0.1, -0.05) is 12.1 Å². The minimum absolute atomic E-state index is 0.226. The van der Waals surface area contributed by atoms with Crippen molar-refractivity contribution in [3.05, 3.63) is 75.9 Å². The standard InChI is InChI=1S/C21H20FNO3/c1-25-18-7-8-19-15(10-21(24)26-20(19)11-18)13-23(17-5-6-17)12-14-3-2-4-16(22)9-14/h2-4,7-11,17H,5-6,12-13H2,1H3. The Morgan fingerprint density at radius 1 is 1.15 bits per heavy atom. The second-order valence-electron chi connectivity index (χ2n) is 6.72. The molecule has 0 spiro atoms. The Morgan fingerprint density at radius 2 is 2.00 bits per heavy atom. The van der Waals surface area contributed by atoms with Crippen LogP contribution in [0.15, 0.2) is 57.7 Å². The van der Waals surface area contributed by atoms with Crippen molar-refractivity contribution in [2.24, 2.45) is 0 Å². The summed E-state index contributed by atoms with van der Waals surface area (Å²) in [6, 6.07) is 14.2. The first kappa shape index (κ1) is 16.8. The molecule has 4 rings (SSSR count). The van der Waals surface area contributed by atoms with Crippen molar-refractivity contribution < 1.29 is 13.5 Å². The molecule has 3 aromatic rings. The minimum Gasteiger partial charge on any atom is -0.497 e. The molecule has 0 radical (unpaired) electrons. The Labute approximate surface area is 150 Å². The first-order chi connectivity index (χ1) is 12.6. The number of benzene rings is 2. The molecule has 1 heterocycles. The average molecular weight is 353 g/mol. The second-order valence-corrected chi connectivity index (χ2v) is 6.72. The quantitative estimate of drug-likeness (QED) is 0.626. The zero-order valence-electron chi connectivity index (χ0n) is 14.6. The highest BCUT2D eigenvalue weighted by Gasteiger charge is 2.29. The maximum atomic E-state index is 13.5.